The Labute approximate surface area is 117 Å². The molecule has 4 nitrogen and oxygen atoms in total. The van der Waals surface area contributed by atoms with E-state index < -0.39 is 15.8 Å². The molecule has 0 heterocycles. The highest BCUT2D eigenvalue weighted by atomic mass is 32.2. The van der Waals surface area contributed by atoms with E-state index in [0.717, 1.165) is 15.9 Å². The van der Waals surface area contributed by atoms with Crippen LogP contribution < -0.4 is 10.0 Å². The first kappa shape index (κ1) is 14.5. The predicted molar refractivity (Wildman–Crippen MR) is 76.3 cm³/mol. The topological polar surface area (TPSA) is 63.4 Å². The highest BCUT2D eigenvalue weighted by molar-refractivity contribution is 7.92. The highest BCUT2D eigenvalue weighted by Crippen LogP contribution is 2.23. The summed E-state index contributed by atoms with van der Waals surface area (Å²) in [5.74, 6) is -0.766. The molecule has 0 spiro atoms. The lowest BCUT2D eigenvalue weighted by atomic mass is 10.2. The summed E-state index contributed by atoms with van der Waals surface area (Å²) >= 11 is 0. The fourth-order valence-electron chi connectivity index (χ4n) is 1.78. The van der Waals surface area contributed by atoms with Crippen molar-refractivity contribution in [1.82, 2.24) is 0 Å². The molecule has 2 N–H and O–H groups in total. The zero-order valence-corrected chi connectivity index (χ0v) is 11.8. The number of hydrogen-bond acceptors (Lipinski definition) is 3. The minimum Gasteiger partial charge on any atom is -0.326 e. The van der Waals surface area contributed by atoms with E-state index in [1.54, 1.807) is 24.3 Å². The molecule has 0 unspecified atom stereocenters. The molecule has 2 rings (SSSR count). The van der Waals surface area contributed by atoms with Crippen LogP contribution in [0.2, 0.25) is 0 Å². The van der Waals surface area contributed by atoms with Gasteiger partial charge in [-0.2, -0.15) is 0 Å². The highest BCUT2D eigenvalue weighted by Gasteiger charge is 2.24. The van der Waals surface area contributed by atoms with Gasteiger partial charge in [-0.05, 0) is 29.8 Å². The average molecular weight is 294 g/mol. The molecule has 0 amide bonds. The fraction of sp³-hybridized carbons (Fsp3) is 0.143. The van der Waals surface area contributed by atoms with Gasteiger partial charge in [-0.1, -0.05) is 24.3 Å². The van der Waals surface area contributed by atoms with Crippen LogP contribution in [0.4, 0.5) is 10.1 Å². The van der Waals surface area contributed by atoms with Crippen molar-refractivity contribution in [2.75, 3.05) is 11.4 Å². The van der Waals surface area contributed by atoms with Gasteiger partial charge < -0.3 is 5.73 Å². The maximum absolute atomic E-state index is 13.7. The lowest BCUT2D eigenvalue weighted by Gasteiger charge is -2.20. The second-order valence-electron chi connectivity index (χ2n) is 4.27. The summed E-state index contributed by atoms with van der Waals surface area (Å²) < 4.78 is 39.4. The molecule has 2 aromatic carbocycles. The average Bonchev–Trinajstić information content (AvgIpc) is 2.47. The summed E-state index contributed by atoms with van der Waals surface area (Å²) in [4.78, 5) is -0.342. The Balaban J connectivity index is 2.41. The third-order valence-corrected chi connectivity index (χ3v) is 4.83. The second-order valence-corrected chi connectivity index (χ2v) is 6.21. The Morgan fingerprint density at radius 2 is 1.70 bits per heavy atom. The lowest BCUT2D eigenvalue weighted by Crippen LogP contribution is -2.27. The van der Waals surface area contributed by atoms with Crippen LogP contribution in [-0.4, -0.2) is 15.5 Å². The Hall–Kier alpha value is -1.92. The summed E-state index contributed by atoms with van der Waals surface area (Å²) in [5.41, 5.74) is 6.83. The Bertz CT molecular complexity index is 699. The number of anilines is 1. The van der Waals surface area contributed by atoms with Crippen LogP contribution in [0.3, 0.4) is 0 Å². The van der Waals surface area contributed by atoms with Crippen molar-refractivity contribution in [3.63, 3.8) is 0 Å². The van der Waals surface area contributed by atoms with E-state index in [4.69, 9.17) is 5.73 Å². The first-order chi connectivity index (χ1) is 9.46. The van der Waals surface area contributed by atoms with Gasteiger partial charge in [0.2, 0.25) is 0 Å². The van der Waals surface area contributed by atoms with Crippen LogP contribution >= 0.6 is 0 Å². The van der Waals surface area contributed by atoms with Gasteiger partial charge in [-0.25, -0.2) is 12.8 Å². The van der Waals surface area contributed by atoms with Gasteiger partial charge in [0.15, 0.2) is 0 Å². The molecule has 0 saturated carbocycles. The summed E-state index contributed by atoms with van der Waals surface area (Å²) in [6.07, 6.45) is 0. The van der Waals surface area contributed by atoms with Crippen LogP contribution in [0.15, 0.2) is 53.4 Å². The molecule has 0 fully saturated rings. The van der Waals surface area contributed by atoms with Crippen molar-refractivity contribution in [3.05, 3.63) is 59.9 Å². The molecular formula is C14H15FN2O2S. The van der Waals surface area contributed by atoms with Crippen LogP contribution in [-0.2, 0) is 16.6 Å². The fourth-order valence-corrected chi connectivity index (χ4v) is 3.04. The predicted octanol–water partition coefficient (Wildman–Crippen LogP) is 2.11. The van der Waals surface area contributed by atoms with Crippen molar-refractivity contribution < 1.29 is 12.8 Å². The molecule has 2 aromatic rings. The molecule has 6 heteroatoms. The van der Waals surface area contributed by atoms with Crippen molar-refractivity contribution >= 4 is 15.7 Å². The van der Waals surface area contributed by atoms with Gasteiger partial charge in [0.25, 0.3) is 10.0 Å². The first-order valence-corrected chi connectivity index (χ1v) is 7.43. The third kappa shape index (κ3) is 2.66. The minimum atomic E-state index is -3.92. The van der Waals surface area contributed by atoms with Gasteiger partial charge in [0, 0.05) is 13.6 Å². The van der Waals surface area contributed by atoms with Gasteiger partial charge in [-0.3, -0.25) is 4.31 Å². The van der Waals surface area contributed by atoms with E-state index in [2.05, 4.69) is 0 Å². The van der Waals surface area contributed by atoms with Crippen LogP contribution in [0, 0.1) is 5.82 Å². The molecule has 0 aliphatic heterocycles. The minimum absolute atomic E-state index is 0.342. The van der Waals surface area contributed by atoms with Crippen LogP contribution in [0.5, 0.6) is 0 Å². The quantitative estimate of drug-likeness (QED) is 0.939. The SMILES string of the molecule is CN(c1ccc(CN)cc1)S(=O)(=O)c1ccccc1F. The molecule has 20 heavy (non-hydrogen) atoms. The molecule has 0 aromatic heterocycles. The molecule has 0 bridgehead atoms. The third-order valence-electron chi connectivity index (χ3n) is 3.01. The van der Waals surface area contributed by atoms with E-state index in [9.17, 15) is 12.8 Å². The first-order valence-electron chi connectivity index (χ1n) is 5.99. The van der Waals surface area contributed by atoms with Crippen LogP contribution in [0.1, 0.15) is 5.56 Å². The summed E-state index contributed by atoms with van der Waals surface area (Å²) in [5, 5.41) is 0. The maximum Gasteiger partial charge on any atom is 0.266 e. The zero-order valence-electron chi connectivity index (χ0n) is 11.0. The lowest BCUT2D eigenvalue weighted by molar-refractivity contribution is 0.566. The largest absolute Gasteiger partial charge is 0.326 e. The van der Waals surface area contributed by atoms with Crippen LogP contribution in [0.25, 0.3) is 0 Å². The molecule has 0 radical (unpaired) electrons. The Morgan fingerprint density at radius 1 is 1.10 bits per heavy atom. The smallest absolute Gasteiger partial charge is 0.266 e. The maximum atomic E-state index is 13.7. The number of benzene rings is 2. The normalized spacial score (nSPS) is 11.3. The Kier molecular flexibility index (Phi) is 4.06. The van der Waals surface area contributed by atoms with Crippen molar-refractivity contribution in [2.24, 2.45) is 5.73 Å². The van der Waals surface area contributed by atoms with Gasteiger partial charge in [0.1, 0.15) is 10.7 Å². The molecule has 0 aliphatic rings. The molecule has 0 aliphatic carbocycles. The number of sulfonamides is 1. The van der Waals surface area contributed by atoms with Gasteiger partial charge in [-0.15, -0.1) is 0 Å². The van der Waals surface area contributed by atoms with E-state index >= 15 is 0 Å². The molecule has 0 saturated heterocycles. The van der Waals surface area contributed by atoms with E-state index in [0.29, 0.717) is 12.2 Å². The Morgan fingerprint density at radius 3 is 2.25 bits per heavy atom. The molecule has 0 atom stereocenters. The number of nitrogens with zero attached hydrogens (tertiary/aromatic N) is 1. The summed E-state index contributed by atoms with van der Waals surface area (Å²) in [6, 6.07) is 12.1. The standard InChI is InChI=1S/C14H15FN2O2S/c1-17(12-8-6-11(10-16)7-9-12)20(18,19)14-5-3-2-4-13(14)15/h2-9H,10,16H2,1H3. The van der Waals surface area contributed by atoms with E-state index in [-0.39, 0.29) is 4.90 Å². The van der Waals surface area contributed by atoms with E-state index in [1.807, 2.05) is 0 Å². The summed E-state index contributed by atoms with van der Waals surface area (Å²) in [6.45, 7) is 0.379. The number of halogens is 1. The second kappa shape index (κ2) is 5.60. The number of nitrogens with two attached hydrogens (primary N) is 1. The van der Waals surface area contributed by atoms with Crippen molar-refractivity contribution in [2.45, 2.75) is 11.4 Å². The summed E-state index contributed by atoms with van der Waals surface area (Å²) in [7, 11) is -2.53. The van der Waals surface area contributed by atoms with Gasteiger partial charge in [0.05, 0.1) is 5.69 Å². The molecule has 106 valence electrons. The monoisotopic (exact) mass is 294 g/mol. The van der Waals surface area contributed by atoms with Crippen molar-refractivity contribution in [3.8, 4) is 0 Å². The van der Waals surface area contributed by atoms with Crippen molar-refractivity contribution in [1.29, 1.82) is 0 Å². The molecular weight excluding hydrogens is 279 g/mol. The van der Waals surface area contributed by atoms with Gasteiger partial charge >= 0.3 is 0 Å². The number of hydrogen-bond donors (Lipinski definition) is 1. The van der Waals surface area contributed by atoms with E-state index in [1.165, 1.54) is 25.2 Å². The number of rotatable bonds is 4. The zero-order chi connectivity index (χ0) is 14.8.